The molecule has 19 heavy (non-hydrogen) atoms. The van der Waals surface area contributed by atoms with Crippen molar-refractivity contribution in [1.82, 2.24) is 0 Å². The number of alkyl halides is 1. The summed E-state index contributed by atoms with van der Waals surface area (Å²) < 4.78 is 0. The largest absolute Gasteiger partial charge is 0.113 e. The molecule has 2 aromatic carbocycles. The molecule has 0 amide bonds. The molecule has 0 bridgehead atoms. The Morgan fingerprint density at radius 3 is 2.11 bits per heavy atom. The van der Waals surface area contributed by atoms with Gasteiger partial charge in [0, 0.05) is 10.0 Å². The van der Waals surface area contributed by atoms with Crippen LogP contribution in [0.2, 0.25) is 10.0 Å². The van der Waals surface area contributed by atoms with E-state index in [1.165, 1.54) is 0 Å². The van der Waals surface area contributed by atoms with Crippen LogP contribution in [-0.2, 0) is 0 Å². The maximum atomic E-state index is 6.59. The molecular weight excluding hydrogens is 299 g/mol. The zero-order chi connectivity index (χ0) is 14.2. The molecule has 1 atom stereocenters. The van der Waals surface area contributed by atoms with E-state index in [2.05, 4.69) is 0 Å². The average molecular weight is 314 g/mol. The highest BCUT2D eigenvalue weighted by Crippen LogP contribution is 2.37. The van der Waals surface area contributed by atoms with E-state index in [9.17, 15) is 0 Å². The smallest absolute Gasteiger partial charge is 0.0852 e. The first-order chi connectivity index (χ1) is 8.90. The van der Waals surface area contributed by atoms with Crippen LogP contribution in [0.5, 0.6) is 0 Å². The quantitative estimate of drug-likeness (QED) is 0.575. The SMILES string of the molecule is Cc1ccc(C(Cl)c2cc(C)c(Cl)cc2C)c(Cl)c1. The van der Waals surface area contributed by atoms with Crippen molar-refractivity contribution in [3.8, 4) is 0 Å². The zero-order valence-corrected chi connectivity index (χ0v) is 13.4. The molecule has 0 aliphatic carbocycles. The van der Waals surface area contributed by atoms with Crippen molar-refractivity contribution in [3.05, 3.63) is 68.2 Å². The summed E-state index contributed by atoms with van der Waals surface area (Å²) in [4.78, 5) is 0. The lowest BCUT2D eigenvalue weighted by atomic mass is 9.97. The van der Waals surface area contributed by atoms with Gasteiger partial charge in [-0.05, 0) is 60.7 Å². The number of rotatable bonds is 2. The van der Waals surface area contributed by atoms with Crippen LogP contribution in [-0.4, -0.2) is 0 Å². The second-order valence-electron chi connectivity index (χ2n) is 4.85. The van der Waals surface area contributed by atoms with E-state index >= 15 is 0 Å². The van der Waals surface area contributed by atoms with Crippen LogP contribution in [0.3, 0.4) is 0 Å². The monoisotopic (exact) mass is 312 g/mol. The van der Waals surface area contributed by atoms with Crippen LogP contribution in [0.1, 0.15) is 33.2 Å². The molecule has 1 unspecified atom stereocenters. The molecule has 0 aliphatic rings. The number of benzene rings is 2. The third-order valence-corrected chi connectivity index (χ3v) is 4.45. The van der Waals surface area contributed by atoms with E-state index in [0.29, 0.717) is 5.02 Å². The summed E-state index contributed by atoms with van der Waals surface area (Å²) >= 11 is 19.0. The first-order valence-electron chi connectivity index (χ1n) is 6.07. The topological polar surface area (TPSA) is 0 Å². The van der Waals surface area contributed by atoms with Crippen LogP contribution in [0.15, 0.2) is 30.3 Å². The summed E-state index contributed by atoms with van der Waals surface area (Å²) in [5, 5.41) is 1.20. The molecule has 0 N–H and O–H groups in total. The Bertz CT molecular complexity index is 618. The van der Waals surface area contributed by atoms with Gasteiger partial charge >= 0.3 is 0 Å². The van der Waals surface area contributed by atoms with Gasteiger partial charge in [-0.1, -0.05) is 41.4 Å². The van der Waals surface area contributed by atoms with E-state index in [4.69, 9.17) is 34.8 Å². The Morgan fingerprint density at radius 1 is 0.789 bits per heavy atom. The van der Waals surface area contributed by atoms with Crippen molar-refractivity contribution >= 4 is 34.8 Å². The van der Waals surface area contributed by atoms with Crippen LogP contribution < -0.4 is 0 Å². The van der Waals surface area contributed by atoms with Gasteiger partial charge in [0.1, 0.15) is 0 Å². The highest BCUT2D eigenvalue weighted by atomic mass is 35.5. The summed E-state index contributed by atoms with van der Waals surface area (Å²) in [7, 11) is 0. The molecular formula is C16H15Cl3. The number of aryl methyl sites for hydroxylation is 3. The molecule has 0 saturated carbocycles. The van der Waals surface area contributed by atoms with E-state index in [-0.39, 0.29) is 5.38 Å². The van der Waals surface area contributed by atoms with Crippen molar-refractivity contribution in [2.75, 3.05) is 0 Å². The maximum Gasteiger partial charge on any atom is 0.0852 e. The minimum absolute atomic E-state index is 0.260. The third kappa shape index (κ3) is 3.08. The fourth-order valence-electron chi connectivity index (χ4n) is 2.08. The average Bonchev–Trinajstić information content (AvgIpc) is 2.33. The molecule has 0 spiro atoms. The summed E-state index contributed by atoms with van der Waals surface area (Å²) in [6.07, 6.45) is 0. The van der Waals surface area contributed by atoms with Crippen molar-refractivity contribution in [1.29, 1.82) is 0 Å². The zero-order valence-electron chi connectivity index (χ0n) is 11.1. The van der Waals surface area contributed by atoms with Gasteiger partial charge in [0.15, 0.2) is 0 Å². The molecule has 0 aromatic heterocycles. The summed E-state index contributed by atoms with van der Waals surface area (Å²) in [6.45, 7) is 6.00. The predicted molar refractivity (Wildman–Crippen MR) is 84.8 cm³/mol. The van der Waals surface area contributed by atoms with Crippen molar-refractivity contribution in [2.45, 2.75) is 26.1 Å². The number of hydrogen-bond donors (Lipinski definition) is 0. The Kier molecular flexibility index (Phi) is 4.45. The predicted octanol–water partition coefficient (Wildman–Crippen LogP) is 6.25. The molecule has 3 heteroatoms. The van der Waals surface area contributed by atoms with E-state index in [1.807, 2.05) is 51.1 Å². The van der Waals surface area contributed by atoms with Gasteiger partial charge in [-0.15, -0.1) is 11.6 Å². The van der Waals surface area contributed by atoms with Crippen molar-refractivity contribution < 1.29 is 0 Å². The third-order valence-electron chi connectivity index (χ3n) is 3.25. The van der Waals surface area contributed by atoms with Crippen LogP contribution in [0, 0.1) is 20.8 Å². The number of hydrogen-bond acceptors (Lipinski definition) is 0. The summed E-state index contributed by atoms with van der Waals surface area (Å²) in [5.41, 5.74) is 5.21. The highest BCUT2D eigenvalue weighted by Gasteiger charge is 2.17. The second kappa shape index (κ2) is 5.75. The van der Waals surface area contributed by atoms with Crippen LogP contribution in [0.25, 0.3) is 0 Å². The Labute approximate surface area is 129 Å². The molecule has 0 heterocycles. The van der Waals surface area contributed by atoms with E-state index in [0.717, 1.165) is 32.8 Å². The van der Waals surface area contributed by atoms with Gasteiger partial charge < -0.3 is 0 Å². The van der Waals surface area contributed by atoms with Gasteiger partial charge in [0.2, 0.25) is 0 Å². The minimum Gasteiger partial charge on any atom is -0.113 e. The van der Waals surface area contributed by atoms with E-state index < -0.39 is 0 Å². The molecule has 100 valence electrons. The van der Waals surface area contributed by atoms with Crippen LogP contribution in [0.4, 0.5) is 0 Å². The Morgan fingerprint density at radius 2 is 1.47 bits per heavy atom. The molecule has 0 fully saturated rings. The summed E-state index contributed by atoms with van der Waals surface area (Å²) in [5.74, 6) is 0. The molecule has 2 aromatic rings. The normalized spacial score (nSPS) is 12.5. The van der Waals surface area contributed by atoms with Gasteiger partial charge in [-0.25, -0.2) is 0 Å². The lowest BCUT2D eigenvalue weighted by Gasteiger charge is -2.16. The van der Waals surface area contributed by atoms with Gasteiger partial charge in [-0.2, -0.15) is 0 Å². The molecule has 0 aliphatic heterocycles. The molecule has 2 rings (SSSR count). The van der Waals surface area contributed by atoms with Crippen molar-refractivity contribution in [3.63, 3.8) is 0 Å². The molecule has 0 radical (unpaired) electrons. The molecule has 0 saturated heterocycles. The lowest BCUT2D eigenvalue weighted by Crippen LogP contribution is -1.99. The van der Waals surface area contributed by atoms with E-state index in [1.54, 1.807) is 0 Å². The van der Waals surface area contributed by atoms with Gasteiger partial charge in [0.05, 0.1) is 5.38 Å². The minimum atomic E-state index is -0.260. The number of halogens is 3. The Balaban J connectivity index is 2.49. The maximum absolute atomic E-state index is 6.59. The highest BCUT2D eigenvalue weighted by molar-refractivity contribution is 6.33. The first kappa shape index (κ1) is 14.7. The summed E-state index contributed by atoms with van der Waals surface area (Å²) in [6, 6.07) is 9.92. The van der Waals surface area contributed by atoms with Gasteiger partial charge in [-0.3, -0.25) is 0 Å². The van der Waals surface area contributed by atoms with Gasteiger partial charge in [0.25, 0.3) is 0 Å². The first-order valence-corrected chi connectivity index (χ1v) is 7.26. The Hall–Kier alpha value is -0.690. The molecule has 0 nitrogen and oxygen atoms in total. The fraction of sp³-hybridized carbons (Fsp3) is 0.250. The van der Waals surface area contributed by atoms with Crippen LogP contribution >= 0.6 is 34.8 Å². The fourth-order valence-corrected chi connectivity index (χ4v) is 3.13. The lowest BCUT2D eigenvalue weighted by molar-refractivity contribution is 1.10. The second-order valence-corrected chi connectivity index (χ2v) is 6.10. The van der Waals surface area contributed by atoms with Crippen molar-refractivity contribution in [2.24, 2.45) is 0 Å². The standard InChI is InChI=1S/C16H15Cl3/c1-9-4-5-12(15(18)6-9)16(19)13-7-11(3)14(17)8-10(13)2/h4-8,16H,1-3H3.